The van der Waals surface area contributed by atoms with Crippen molar-refractivity contribution in [3.63, 3.8) is 0 Å². The second kappa shape index (κ2) is 4.97. The van der Waals surface area contributed by atoms with Crippen LogP contribution in [-0.4, -0.2) is 29.6 Å². The summed E-state index contributed by atoms with van der Waals surface area (Å²) in [7, 11) is 0. The number of rotatable bonds is 6. The van der Waals surface area contributed by atoms with Crippen LogP contribution in [0, 0.1) is 5.41 Å². The van der Waals surface area contributed by atoms with Crippen LogP contribution < -0.4 is 5.32 Å². The van der Waals surface area contributed by atoms with Gasteiger partial charge in [-0.3, -0.25) is 10.1 Å². The number of carbonyl (C=O) groups excluding carboxylic acids is 1. The molecule has 98 valence electrons. The zero-order valence-corrected chi connectivity index (χ0v) is 11.5. The molecule has 0 radical (unpaired) electrons. The van der Waals surface area contributed by atoms with Gasteiger partial charge < -0.3 is 4.90 Å². The Morgan fingerprint density at radius 3 is 2.65 bits per heavy atom. The fourth-order valence-electron chi connectivity index (χ4n) is 2.83. The quantitative estimate of drug-likeness (QED) is 0.771. The Kier molecular flexibility index (Phi) is 3.76. The molecule has 2 rings (SSSR count). The highest BCUT2D eigenvalue weighted by atomic mass is 16.2. The molecule has 1 aliphatic carbocycles. The first-order valence-electron chi connectivity index (χ1n) is 7.18. The van der Waals surface area contributed by atoms with Crippen molar-refractivity contribution in [3.05, 3.63) is 0 Å². The molecule has 2 atom stereocenters. The zero-order chi connectivity index (χ0) is 12.5. The summed E-state index contributed by atoms with van der Waals surface area (Å²) in [6.07, 6.45) is 7.35. The van der Waals surface area contributed by atoms with Crippen molar-refractivity contribution in [2.24, 2.45) is 5.41 Å². The van der Waals surface area contributed by atoms with E-state index in [4.69, 9.17) is 0 Å². The van der Waals surface area contributed by atoms with Gasteiger partial charge in [-0.1, -0.05) is 26.7 Å². The smallest absolute Gasteiger partial charge is 0.241 e. The van der Waals surface area contributed by atoms with E-state index in [1.165, 1.54) is 25.7 Å². The Hall–Kier alpha value is -0.570. The molecule has 0 aromatic carbocycles. The largest absolute Gasteiger partial charge is 0.326 e. The van der Waals surface area contributed by atoms with Crippen LogP contribution in [0.3, 0.4) is 0 Å². The number of unbranched alkanes of at least 4 members (excludes halogenated alkanes) is 1. The van der Waals surface area contributed by atoms with Gasteiger partial charge in [-0.2, -0.15) is 0 Å². The molecular formula is C14H26N2O. The Balaban J connectivity index is 1.92. The molecule has 3 heteroatoms. The molecule has 0 bridgehead atoms. The molecule has 1 N–H and O–H groups in total. The van der Waals surface area contributed by atoms with Crippen LogP contribution in [0.4, 0.5) is 0 Å². The Morgan fingerprint density at radius 2 is 2.12 bits per heavy atom. The summed E-state index contributed by atoms with van der Waals surface area (Å²) < 4.78 is 0. The maximum Gasteiger partial charge on any atom is 0.241 e. The van der Waals surface area contributed by atoms with Crippen molar-refractivity contribution >= 4 is 5.91 Å². The lowest BCUT2D eigenvalue weighted by Gasteiger charge is -2.26. The highest BCUT2D eigenvalue weighted by molar-refractivity contribution is 5.84. The number of hydrogen-bond acceptors (Lipinski definition) is 2. The third-order valence-corrected chi connectivity index (χ3v) is 4.55. The highest BCUT2D eigenvalue weighted by Gasteiger charge is 2.46. The summed E-state index contributed by atoms with van der Waals surface area (Å²) >= 11 is 0. The van der Waals surface area contributed by atoms with Gasteiger partial charge in [0.15, 0.2) is 0 Å². The van der Waals surface area contributed by atoms with E-state index in [9.17, 15) is 4.79 Å². The minimum atomic E-state index is 0.0811. The average molecular weight is 238 g/mol. The average Bonchev–Trinajstić information content (AvgIpc) is 3.05. The molecule has 0 aromatic rings. The molecule has 2 unspecified atom stereocenters. The van der Waals surface area contributed by atoms with Gasteiger partial charge in [-0.05, 0) is 38.0 Å². The molecule has 0 aromatic heterocycles. The van der Waals surface area contributed by atoms with Crippen molar-refractivity contribution in [3.8, 4) is 0 Å². The standard InChI is InChI=1S/C14H26N2O/c1-4-6-7-12-13(17)16(11(3)15-12)10-14(5-2)8-9-14/h11-12,15H,4-10H2,1-3H3. The first kappa shape index (κ1) is 12.9. The first-order chi connectivity index (χ1) is 8.12. The highest BCUT2D eigenvalue weighted by Crippen LogP contribution is 2.49. The molecule has 2 aliphatic rings. The van der Waals surface area contributed by atoms with Crippen LogP contribution >= 0.6 is 0 Å². The number of amides is 1. The minimum Gasteiger partial charge on any atom is -0.326 e. The maximum absolute atomic E-state index is 12.3. The predicted octanol–water partition coefficient (Wildman–Crippen LogP) is 2.51. The van der Waals surface area contributed by atoms with Crippen molar-refractivity contribution in [1.82, 2.24) is 10.2 Å². The van der Waals surface area contributed by atoms with Crippen molar-refractivity contribution in [1.29, 1.82) is 0 Å². The zero-order valence-electron chi connectivity index (χ0n) is 11.5. The Bertz CT molecular complexity index is 286. The van der Waals surface area contributed by atoms with E-state index < -0.39 is 0 Å². The maximum atomic E-state index is 12.3. The number of hydrogen-bond donors (Lipinski definition) is 1. The van der Waals surface area contributed by atoms with Crippen molar-refractivity contribution in [2.45, 2.75) is 71.5 Å². The van der Waals surface area contributed by atoms with Crippen LogP contribution in [0.15, 0.2) is 0 Å². The molecule has 3 nitrogen and oxygen atoms in total. The molecule has 1 heterocycles. The fraction of sp³-hybridized carbons (Fsp3) is 0.929. The van der Waals surface area contributed by atoms with Gasteiger partial charge in [0.05, 0.1) is 12.2 Å². The van der Waals surface area contributed by atoms with E-state index in [2.05, 4.69) is 31.0 Å². The SMILES string of the molecule is CCCCC1NC(C)N(CC2(CC)CC2)C1=O. The van der Waals surface area contributed by atoms with Gasteiger partial charge in [-0.25, -0.2) is 0 Å². The van der Waals surface area contributed by atoms with Crippen LogP contribution in [0.2, 0.25) is 0 Å². The Morgan fingerprint density at radius 1 is 1.41 bits per heavy atom. The summed E-state index contributed by atoms with van der Waals surface area (Å²) in [6.45, 7) is 7.52. The molecular weight excluding hydrogens is 212 g/mol. The number of nitrogens with zero attached hydrogens (tertiary/aromatic N) is 1. The van der Waals surface area contributed by atoms with Gasteiger partial charge in [0.25, 0.3) is 0 Å². The van der Waals surface area contributed by atoms with Crippen molar-refractivity contribution in [2.75, 3.05) is 6.54 Å². The first-order valence-corrected chi connectivity index (χ1v) is 7.18. The lowest BCUT2D eigenvalue weighted by Crippen LogP contribution is -2.39. The summed E-state index contributed by atoms with van der Waals surface area (Å²) in [6, 6.07) is 0.0811. The van der Waals surface area contributed by atoms with E-state index in [0.717, 1.165) is 19.4 Å². The van der Waals surface area contributed by atoms with E-state index in [1.807, 2.05) is 0 Å². The summed E-state index contributed by atoms with van der Waals surface area (Å²) in [5.74, 6) is 0.339. The summed E-state index contributed by atoms with van der Waals surface area (Å²) in [4.78, 5) is 14.4. The Labute approximate surface area is 105 Å². The minimum absolute atomic E-state index is 0.0811. The van der Waals surface area contributed by atoms with E-state index in [-0.39, 0.29) is 12.2 Å². The van der Waals surface area contributed by atoms with Crippen LogP contribution in [-0.2, 0) is 4.79 Å². The molecule has 1 amide bonds. The van der Waals surface area contributed by atoms with Gasteiger partial charge in [0.2, 0.25) is 5.91 Å². The molecule has 1 saturated heterocycles. The monoisotopic (exact) mass is 238 g/mol. The van der Waals surface area contributed by atoms with Crippen LogP contribution in [0.5, 0.6) is 0 Å². The van der Waals surface area contributed by atoms with Gasteiger partial charge >= 0.3 is 0 Å². The molecule has 1 saturated carbocycles. The topological polar surface area (TPSA) is 32.3 Å². The molecule has 17 heavy (non-hydrogen) atoms. The molecule has 2 fully saturated rings. The summed E-state index contributed by atoms with van der Waals surface area (Å²) in [5.41, 5.74) is 0.464. The van der Waals surface area contributed by atoms with Gasteiger partial charge in [0.1, 0.15) is 0 Å². The second-order valence-corrected chi connectivity index (χ2v) is 5.86. The predicted molar refractivity (Wildman–Crippen MR) is 69.6 cm³/mol. The summed E-state index contributed by atoms with van der Waals surface area (Å²) in [5, 5.41) is 3.44. The van der Waals surface area contributed by atoms with Crippen LogP contribution in [0.1, 0.15) is 59.3 Å². The van der Waals surface area contributed by atoms with Crippen molar-refractivity contribution < 1.29 is 4.79 Å². The third-order valence-electron chi connectivity index (χ3n) is 4.55. The molecule has 0 spiro atoms. The van der Waals surface area contributed by atoms with E-state index >= 15 is 0 Å². The number of carbonyl (C=O) groups is 1. The van der Waals surface area contributed by atoms with Crippen LogP contribution in [0.25, 0.3) is 0 Å². The molecule has 1 aliphatic heterocycles. The lowest BCUT2D eigenvalue weighted by atomic mass is 10.0. The van der Waals surface area contributed by atoms with E-state index in [0.29, 0.717) is 11.3 Å². The fourth-order valence-corrected chi connectivity index (χ4v) is 2.83. The second-order valence-electron chi connectivity index (χ2n) is 5.86. The number of nitrogens with one attached hydrogen (secondary N) is 1. The third kappa shape index (κ3) is 2.65. The normalized spacial score (nSPS) is 31.0. The lowest BCUT2D eigenvalue weighted by molar-refractivity contribution is -0.130. The van der Waals surface area contributed by atoms with Gasteiger partial charge in [0, 0.05) is 6.54 Å². The van der Waals surface area contributed by atoms with Gasteiger partial charge in [-0.15, -0.1) is 0 Å². The van der Waals surface area contributed by atoms with E-state index in [1.54, 1.807) is 0 Å².